The molecule has 0 N–H and O–H groups in total. The molecule has 29 heavy (non-hydrogen) atoms. The van der Waals surface area contributed by atoms with Crippen LogP contribution in [0.4, 0.5) is 8.78 Å². The summed E-state index contributed by atoms with van der Waals surface area (Å²) in [5, 5.41) is 4.70. The molecule has 3 aromatic heterocycles. The number of hydrogen-bond donors (Lipinski definition) is 0. The summed E-state index contributed by atoms with van der Waals surface area (Å²) in [6, 6.07) is 16.3. The Morgan fingerprint density at radius 1 is 0.862 bits per heavy atom. The van der Waals surface area contributed by atoms with Gasteiger partial charge in [-0.15, -0.1) is 0 Å². The van der Waals surface area contributed by atoms with Gasteiger partial charge in [0.1, 0.15) is 17.3 Å². The minimum atomic E-state index is -0.416. The van der Waals surface area contributed by atoms with Gasteiger partial charge in [-0.2, -0.15) is 5.10 Å². The summed E-state index contributed by atoms with van der Waals surface area (Å²) in [7, 11) is 0. The Bertz CT molecular complexity index is 1340. The Morgan fingerprint density at radius 3 is 2.48 bits per heavy atom. The number of imidazole rings is 1. The van der Waals surface area contributed by atoms with Gasteiger partial charge in [-0.3, -0.25) is 4.40 Å². The Kier molecular flexibility index (Phi) is 4.14. The van der Waals surface area contributed by atoms with Crippen LogP contribution in [-0.4, -0.2) is 19.2 Å². The first kappa shape index (κ1) is 17.6. The zero-order valence-electron chi connectivity index (χ0n) is 14.9. The van der Waals surface area contributed by atoms with E-state index in [1.807, 2.05) is 28.8 Å². The predicted molar refractivity (Wildman–Crippen MR) is 108 cm³/mol. The molecule has 5 aromatic rings. The van der Waals surface area contributed by atoms with E-state index in [-0.39, 0.29) is 5.82 Å². The fraction of sp³-hybridized carbons (Fsp3) is 0. The molecule has 0 spiro atoms. The third kappa shape index (κ3) is 3.07. The number of benzene rings is 2. The molecular formula is C22H13ClF2N4. The third-order valence-corrected chi connectivity index (χ3v) is 4.96. The minimum absolute atomic E-state index is 0.308. The second-order valence-electron chi connectivity index (χ2n) is 6.52. The van der Waals surface area contributed by atoms with Crippen LogP contribution in [0, 0.1) is 11.6 Å². The highest BCUT2D eigenvalue weighted by molar-refractivity contribution is 6.30. The van der Waals surface area contributed by atoms with Crippen molar-refractivity contribution in [1.82, 2.24) is 19.2 Å². The zero-order valence-corrected chi connectivity index (χ0v) is 15.7. The van der Waals surface area contributed by atoms with Crippen LogP contribution < -0.4 is 0 Å². The van der Waals surface area contributed by atoms with Gasteiger partial charge in [0.05, 0.1) is 29.5 Å². The van der Waals surface area contributed by atoms with E-state index < -0.39 is 5.82 Å². The van der Waals surface area contributed by atoms with Gasteiger partial charge in [-0.05, 0) is 60.7 Å². The maximum atomic E-state index is 14.5. The van der Waals surface area contributed by atoms with Gasteiger partial charge in [-0.25, -0.2) is 18.4 Å². The second kappa shape index (κ2) is 6.83. The number of fused-ring (bicyclic) bond motifs is 1. The van der Waals surface area contributed by atoms with Crippen molar-refractivity contribution in [3.8, 4) is 28.2 Å². The maximum Gasteiger partial charge on any atom is 0.137 e. The molecule has 3 heterocycles. The topological polar surface area (TPSA) is 35.1 Å². The average Bonchev–Trinajstić information content (AvgIpc) is 3.35. The molecular weight excluding hydrogens is 394 g/mol. The molecule has 0 bridgehead atoms. The molecule has 0 radical (unpaired) electrons. The van der Waals surface area contributed by atoms with Crippen LogP contribution in [-0.2, 0) is 0 Å². The number of rotatable bonds is 3. The van der Waals surface area contributed by atoms with Crippen LogP contribution in [0.2, 0.25) is 5.02 Å². The summed E-state index contributed by atoms with van der Waals surface area (Å²) in [6.07, 6.45) is 5.18. The van der Waals surface area contributed by atoms with E-state index in [1.54, 1.807) is 41.3 Å². The molecule has 0 aliphatic carbocycles. The van der Waals surface area contributed by atoms with Gasteiger partial charge in [-0.1, -0.05) is 11.6 Å². The first-order valence-electron chi connectivity index (χ1n) is 8.83. The average molecular weight is 407 g/mol. The van der Waals surface area contributed by atoms with Gasteiger partial charge >= 0.3 is 0 Å². The van der Waals surface area contributed by atoms with Crippen LogP contribution >= 0.6 is 11.6 Å². The van der Waals surface area contributed by atoms with Crippen LogP contribution in [0.5, 0.6) is 0 Å². The second-order valence-corrected chi connectivity index (χ2v) is 6.95. The van der Waals surface area contributed by atoms with E-state index in [0.717, 1.165) is 16.9 Å². The largest absolute Gasteiger partial charge is 0.299 e. The van der Waals surface area contributed by atoms with Gasteiger partial charge in [0.15, 0.2) is 0 Å². The minimum Gasteiger partial charge on any atom is -0.299 e. The normalized spacial score (nSPS) is 11.3. The van der Waals surface area contributed by atoms with Crippen molar-refractivity contribution in [2.45, 2.75) is 0 Å². The molecule has 2 aromatic carbocycles. The molecule has 4 nitrogen and oxygen atoms in total. The third-order valence-electron chi connectivity index (χ3n) is 4.72. The molecule has 0 unspecified atom stereocenters. The van der Waals surface area contributed by atoms with Crippen LogP contribution in [0.3, 0.4) is 0 Å². The summed E-state index contributed by atoms with van der Waals surface area (Å²) in [4.78, 5) is 4.37. The lowest BCUT2D eigenvalue weighted by Gasteiger charge is -2.10. The van der Waals surface area contributed by atoms with Gasteiger partial charge in [0.2, 0.25) is 0 Å². The Morgan fingerprint density at radius 2 is 1.69 bits per heavy atom. The highest BCUT2D eigenvalue weighted by Crippen LogP contribution is 2.29. The number of nitrogens with zero attached hydrogens (tertiary/aromatic N) is 4. The Balaban J connectivity index is 1.65. The van der Waals surface area contributed by atoms with Crippen molar-refractivity contribution in [1.29, 1.82) is 0 Å². The quantitative estimate of drug-likeness (QED) is 0.380. The molecule has 0 fully saturated rings. The van der Waals surface area contributed by atoms with Crippen molar-refractivity contribution < 1.29 is 8.78 Å². The van der Waals surface area contributed by atoms with E-state index in [9.17, 15) is 8.78 Å². The lowest BCUT2D eigenvalue weighted by Crippen LogP contribution is -2.00. The highest BCUT2D eigenvalue weighted by Gasteiger charge is 2.14. The predicted octanol–water partition coefficient (Wildman–Crippen LogP) is 5.79. The van der Waals surface area contributed by atoms with Crippen molar-refractivity contribution >= 4 is 17.2 Å². The van der Waals surface area contributed by atoms with E-state index in [2.05, 4.69) is 10.1 Å². The highest BCUT2D eigenvalue weighted by atomic mass is 35.5. The van der Waals surface area contributed by atoms with Crippen molar-refractivity contribution in [2.24, 2.45) is 0 Å². The zero-order chi connectivity index (χ0) is 20.0. The van der Waals surface area contributed by atoms with E-state index in [1.165, 1.54) is 18.2 Å². The summed E-state index contributed by atoms with van der Waals surface area (Å²) >= 11 is 5.88. The number of halogens is 3. The van der Waals surface area contributed by atoms with Gasteiger partial charge in [0.25, 0.3) is 0 Å². The number of aromatic nitrogens is 4. The summed E-state index contributed by atoms with van der Waals surface area (Å²) in [6.45, 7) is 0. The van der Waals surface area contributed by atoms with E-state index in [4.69, 9.17) is 11.6 Å². The van der Waals surface area contributed by atoms with Crippen molar-refractivity contribution in [3.63, 3.8) is 0 Å². The molecule has 5 rings (SSSR count). The first-order valence-corrected chi connectivity index (χ1v) is 9.21. The number of hydrogen-bond acceptors (Lipinski definition) is 2. The molecule has 142 valence electrons. The van der Waals surface area contributed by atoms with Gasteiger partial charge < -0.3 is 0 Å². The lowest BCUT2D eigenvalue weighted by atomic mass is 10.1. The fourth-order valence-corrected chi connectivity index (χ4v) is 3.50. The van der Waals surface area contributed by atoms with Crippen LogP contribution in [0.15, 0.2) is 79.3 Å². The van der Waals surface area contributed by atoms with E-state index in [0.29, 0.717) is 21.9 Å². The lowest BCUT2D eigenvalue weighted by molar-refractivity contribution is 0.627. The first-order chi connectivity index (χ1) is 14.1. The van der Waals surface area contributed by atoms with E-state index >= 15 is 0 Å². The summed E-state index contributed by atoms with van der Waals surface area (Å²) in [5.41, 5.74) is 4.12. The smallest absolute Gasteiger partial charge is 0.137 e. The standard InChI is InChI=1S/C22H13ClF2N4/c23-15-2-7-18(19(25)11-15)21-12-26-22-8-1-14(13-28(21)22)20-9-10-27-29(20)17-5-3-16(24)4-6-17/h1-13H. The van der Waals surface area contributed by atoms with Crippen LogP contribution in [0.25, 0.3) is 33.8 Å². The van der Waals surface area contributed by atoms with Crippen molar-refractivity contribution in [3.05, 3.63) is 95.9 Å². The summed E-state index contributed by atoms with van der Waals surface area (Å²) in [5.74, 6) is -0.724. The van der Waals surface area contributed by atoms with Crippen LogP contribution in [0.1, 0.15) is 0 Å². The molecule has 0 atom stereocenters. The maximum absolute atomic E-state index is 14.5. The van der Waals surface area contributed by atoms with Crippen molar-refractivity contribution in [2.75, 3.05) is 0 Å². The fourth-order valence-electron chi connectivity index (χ4n) is 3.34. The number of pyridine rings is 1. The molecule has 0 saturated heterocycles. The molecule has 0 saturated carbocycles. The van der Waals surface area contributed by atoms with Gasteiger partial charge in [0, 0.05) is 22.3 Å². The molecule has 0 amide bonds. The monoisotopic (exact) mass is 406 g/mol. The Hall–Kier alpha value is -3.51. The molecule has 0 aliphatic rings. The Labute approximate surface area is 169 Å². The summed E-state index contributed by atoms with van der Waals surface area (Å²) < 4.78 is 31.3. The SMILES string of the molecule is Fc1ccc(-n2nccc2-c2ccc3ncc(-c4ccc(Cl)cc4F)n3c2)cc1. The molecule has 0 aliphatic heterocycles. The molecule has 7 heteroatoms.